The Kier molecular flexibility index (Phi) is 5.25. The van der Waals surface area contributed by atoms with E-state index >= 15 is 0 Å². The highest BCUT2D eigenvalue weighted by Crippen LogP contribution is 2.22. The normalized spacial score (nSPS) is 15.8. The van der Waals surface area contributed by atoms with E-state index in [9.17, 15) is 4.39 Å². The number of nitrogens with zero attached hydrogens (tertiary/aromatic N) is 2. The number of aromatic nitrogens is 1. The molecule has 1 aliphatic heterocycles. The number of pyridine rings is 1. The Bertz CT molecular complexity index is 346. The second kappa shape index (κ2) is 6.23. The second-order valence-corrected chi connectivity index (χ2v) is 3.59. The minimum Gasteiger partial charge on any atom is -0.378 e. The lowest BCUT2D eigenvalue weighted by molar-refractivity contribution is 0.122. The average molecular weight is 267 g/mol. The van der Waals surface area contributed by atoms with E-state index in [1.807, 2.05) is 4.90 Å². The largest absolute Gasteiger partial charge is 0.378 e. The topological polar surface area (TPSA) is 25.4 Å². The Morgan fingerprint density at radius 2 is 2.12 bits per heavy atom. The van der Waals surface area contributed by atoms with Crippen molar-refractivity contribution in [2.45, 2.75) is 5.88 Å². The van der Waals surface area contributed by atoms with E-state index < -0.39 is 0 Å². The van der Waals surface area contributed by atoms with Crippen LogP contribution in [0.4, 0.5) is 10.1 Å². The predicted octanol–water partition coefficient (Wildman–Crippen LogP) is 2.22. The highest BCUT2D eigenvalue weighted by Gasteiger charge is 2.17. The van der Waals surface area contributed by atoms with Gasteiger partial charge >= 0.3 is 0 Å². The summed E-state index contributed by atoms with van der Waals surface area (Å²) < 4.78 is 19.0. The fourth-order valence-electron chi connectivity index (χ4n) is 1.62. The molecule has 1 saturated heterocycles. The molecule has 16 heavy (non-hydrogen) atoms. The summed E-state index contributed by atoms with van der Waals surface area (Å²) in [5.41, 5.74) is 0.879. The number of alkyl halides is 1. The number of halogens is 3. The SMILES string of the molecule is Cl.Fc1c(N2CCOCC2)ccnc1CCl. The fraction of sp³-hybridized carbons (Fsp3) is 0.500. The zero-order valence-electron chi connectivity index (χ0n) is 8.66. The number of anilines is 1. The average Bonchev–Trinajstić information content (AvgIpc) is 2.30. The zero-order chi connectivity index (χ0) is 10.7. The van der Waals surface area contributed by atoms with Crippen molar-refractivity contribution in [2.24, 2.45) is 0 Å². The third-order valence-corrected chi connectivity index (χ3v) is 2.67. The van der Waals surface area contributed by atoms with Crippen molar-refractivity contribution in [3.8, 4) is 0 Å². The molecule has 6 heteroatoms. The van der Waals surface area contributed by atoms with Crippen molar-refractivity contribution < 1.29 is 9.13 Å². The minimum atomic E-state index is -0.311. The van der Waals surface area contributed by atoms with Gasteiger partial charge in [-0.2, -0.15) is 0 Å². The first-order valence-corrected chi connectivity index (χ1v) is 5.38. The molecule has 0 unspecified atom stereocenters. The van der Waals surface area contributed by atoms with Gasteiger partial charge in [-0.15, -0.1) is 24.0 Å². The van der Waals surface area contributed by atoms with Crippen LogP contribution in [-0.2, 0) is 10.6 Å². The summed E-state index contributed by atoms with van der Waals surface area (Å²) in [6.07, 6.45) is 1.59. The molecule has 0 radical (unpaired) electrons. The maximum Gasteiger partial charge on any atom is 0.169 e. The molecular formula is C10H13Cl2FN2O. The van der Waals surface area contributed by atoms with Gasteiger partial charge in [0.15, 0.2) is 5.82 Å². The van der Waals surface area contributed by atoms with E-state index in [0.717, 1.165) is 0 Å². The third-order valence-electron chi connectivity index (χ3n) is 2.42. The minimum absolute atomic E-state index is 0. The summed E-state index contributed by atoms with van der Waals surface area (Å²) in [6.45, 7) is 2.70. The van der Waals surface area contributed by atoms with Crippen molar-refractivity contribution >= 4 is 29.7 Å². The van der Waals surface area contributed by atoms with Crippen molar-refractivity contribution in [3.05, 3.63) is 23.8 Å². The van der Waals surface area contributed by atoms with Crippen LogP contribution in [0.3, 0.4) is 0 Å². The number of hydrogen-bond acceptors (Lipinski definition) is 3. The molecule has 0 aromatic carbocycles. The number of morpholine rings is 1. The monoisotopic (exact) mass is 266 g/mol. The highest BCUT2D eigenvalue weighted by molar-refractivity contribution is 6.16. The van der Waals surface area contributed by atoms with E-state index in [-0.39, 0.29) is 24.1 Å². The van der Waals surface area contributed by atoms with Gasteiger partial charge in [0.25, 0.3) is 0 Å². The Morgan fingerprint density at radius 1 is 1.44 bits per heavy atom. The van der Waals surface area contributed by atoms with Crippen LogP contribution in [-0.4, -0.2) is 31.3 Å². The summed E-state index contributed by atoms with van der Waals surface area (Å²) >= 11 is 5.60. The lowest BCUT2D eigenvalue weighted by atomic mass is 10.2. The molecule has 1 aromatic rings. The summed E-state index contributed by atoms with van der Waals surface area (Å²) in [5.74, 6) is -0.210. The molecular weight excluding hydrogens is 254 g/mol. The van der Waals surface area contributed by atoms with Crippen LogP contribution in [0.25, 0.3) is 0 Å². The van der Waals surface area contributed by atoms with Crippen LogP contribution >= 0.6 is 24.0 Å². The molecule has 1 fully saturated rings. The van der Waals surface area contributed by atoms with Gasteiger partial charge in [0, 0.05) is 19.3 Å². The molecule has 0 amide bonds. The predicted molar refractivity (Wildman–Crippen MR) is 64.0 cm³/mol. The van der Waals surface area contributed by atoms with Crippen LogP contribution in [0.1, 0.15) is 5.69 Å². The number of ether oxygens (including phenoxy) is 1. The molecule has 2 rings (SSSR count). The molecule has 0 saturated carbocycles. The first-order valence-electron chi connectivity index (χ1n) is 4.85. The maximum absolute atomic E-state index is 13.8. The second-order valence-electron chi connectivity index (χ2n) is 3.32. The zero-order valence-corrected chi connectivity index (χ0v) is 10.2. The van der Waals surface area contributed by atoms with Gasteiger partial charge in [-0.25, -0.2) is 4.39 Å². The summed E-state index contributed by atoms with van der Waals surface area (Å²) in [5, 5.41) is 0. The molecule has 0 atom stereocenters. The van der Waals surface area contributed by atoms with Crippen LogP contribution < -0.4 is 4.90 Å². The maximum atomic E-state index is 13.8. The Hall–Kier alpha value is -0.580. The standard InChI is InChI=1S/C10H12ClFN2O.ClH/c11-7-8-10(12)9(1-2-13-8)14-3-5-15-6-4-14;/h1-2H,3-7H2;1H. The van der Waals surface area contributed by atoms with Crippen molar-refractivity contribution in [1.82, 2.24) is 4.98 Å². The first kappa shape index (κ1) is 13.5. The molecule has 1 aromatic heterocycles. The summed E-state index contributed by atoms with van der Waals surface area (Å²) in [4.78, 5) is 5.84. The van der Waals surface area contributed by atoms with E-state index in [4.69, 9.17) is 16.3 Å². The van der Waals surface area contributed by atoms with Crippen molar-refractivity contribution in [2.75, 3.05) is 31.2 Å². The molecule has 2 heterocycles. The van der Waals surface area contributed by atoms with Crippen LogP contribution in [0.5, 0.6) is 0 Å². The van der Waals surface area contributed by atoms with Gasteiger partial charge in [-0.05, 0) is 6.07 Å². The number of hydrogen-bond donors (Lipinski definition) is 0. The summed E-state index contributed by atoms with van der Waals surface area (Å²) in [7, 11) is 0. The first-order chi connectivity index (χ1) is 7.33. The third kappa shape index (κ3) is 2.75. The van der Waals surface area contributed by atoms with Crippen LogP contribution in [0, 0.1) is 5.82 Å². The van der Waals surface area contributed by atoms with E-state index in [0.29, 0.717) is 37.7 Å². The molecule has 0 spiro atoms. The van der Waals surface area contributed by atoms with Crippen LogP contribution in [0.15, 0.2) is 12.3 Å². The Morgan fingerprint density at radius 3 is 2.75 bits per heavy atom. The van der Waals surface area contributed by atoms with Crippen molar-refractivity contribution in [3.63, 3.8) is 0 Å². The lowest BCUT2D eigenvalue weighted by Crippen LogP contribution is -2.36. The molecule has 0 N–H and O–H groups in total. The van der Waals surface area contributed by atoms with Gasteiger partial charge < -0.3 is 9.64 Å². The summed E-state index contributed by atoms with van der Waals surface area (Å²) in [6, 6.07) is 1.68. The molecule has 90 valence electrons. The van der Waals surface area contributed by atoms with Gasteiger partial charge in [0.1, 0.15) is 0 Å². The Labute approximate surface area is 105 Å². The smallest absolute Gasteiger partial charge is 0.169 e. The Balaban J connectivity index is 0.00000128. The molecule has 0 bridgehead atoms. The van der Waals surface area contributed by atoms with Gasteiger partial charge in [-0.1, -0.05) is 0 Å². The fourth-order valence-corrected chi connectivity index (χ4v) is 1.80. The highest BCUT2D eigenvalue weighted by atomic mass is 35.5. The van der Waals surface area contributed by atoms with Crippen molar-refractivity contribution in [1.29, 1.82) is 0 Å². The molecule has 3 nitrogen and oxygen atoms in total. The molecule has 0 aliphatic carbocycles. The van der Waals surface area contributed by atoms with E-state index in [1.165, 1.54) is 0 Å². The van der Waals surface area contributed by atoms with Gasteiger partial charge in [0.05, 0.1) is 30.5 Å². The van der Waals surface area contributed by atoms with Gasteiger partial charge in [-0.3, -0.25) is 4.98 Å². The lowest BCUT2D eigenvalue weighted by Gasteiger charge is -2.29. The van der Waals surface area contributed by atoms with E-state index in [2.05, 4.69) is 4.98 Å². The number of rotatable bonds is 2. The quantitative estimate of drug-likeness (QED) is 0.768. The van der Waals surface area contributed by atoms with Gasteiger partial charge in [0.2, 0.25) is 0 Å². The molecule has 1 aliphatic rings. The van der Waals surface area contributed by atoms with E-state index in [1.54, 1.807) is 12.3 Å². The van der Waals surface area contributed by atoms with Crippen LogP contribution in [0.2, 0.25) is 0 Å².